The van der Waals surface area contributed by atoms with Crippen molar-refractivity contribution in [1.82, 2.24) is 0 Å². The molecule has 0 aliphatic rings. The highest BCUT2D eigenvalue weighted by atomic mass is 15.0. The molecule has 1 atom stereocenters. The summed E-state index contributed by atoms with van der Waals surface area (Å²) >= 11 is 0. The molecule has 0 fully saturated rings. The maximum absolute atomic E-state index is 9.12. The van der Waals surface area contributed by atoms with Crippen LogP contribution in [0.25, 0.3) is 0 Å². The smallest absolute Gasteiger partial charge is 0.122 e. The highest BCUT2D eigenvalue weighted by Gasteiger charge is 2.21. The number of rotatable bonds is 4. The van der Waals surface area contributed by atoms with Crippen molar-refractivity contribution in [2.24, 2.45) is 0 Å². The van der Waals surface area contributed by atoms with E-state index in [9.17, 15) is 0 Å². The van der Waals surface area contributed by atoms with Crippen LogP contribution in [-0.2, 0) is 0 Å². The topological polar surface area (TPSA) is 35.8 Å². The molecule has 2 nitrogen and oxygen atoms in total. The SMILES string of the molecule is CCCC(C)(C#N)Nc1ccc(C)cc1. The number of nitriles is 1. The van der Waals surface area contributed by atoms with Crippen molar-refractivity contribution in [1.29, 1.82) is 5.26 Å². The molecule has 0 amide bonds. The third kappa shape index (κ3) is 3.28. The number of hydrogen-bond donors (Lipinski definition) is 1. The molecule has 0 aliphatic heterocycles. The number of hydrogen-bond acceptors (Lipinski definition) is 2. The molecule has 15 heavy (non-hydrogen) atoms. The third-order valence-electron chi connectivity index (χ3n) is 2.47. The van der Waals surface area contributed by atoms with Gasteiger partial charge in [0, 0.05) is 5.69 Å². The Bertz CT molecular complexity index is 348. The highest BCUT2D eigenvalue weighted by Crippen LogP contribution is 2.19. The van der Waals surface area contributed by atoms with Gasteiger partial charge in [-0.15, -0.1) is 0 Å². The third-order valence-corrected chi connectivity index (χ3v) is 2.47. The molecule has 80 valence electrons. The lowest BCUT2D eigenvalue weighted by Crippen LogP contribution is -2.32. The normalized spacial score (nSPS) is 14.0. The van der Waals surface area contributed by atoms with Crippen molar-refractivity contribution in [3.63, 3.8) is 0 Å². The van der Waals surface area contributed by atoms with Crippen LogP contribution in [0.2, 0.25) is 0 Å². The Morgan fingerprint density at radius 2 is 1.93 bits per heavy atom. The monoisotopic (exact) mass is 202 g/mol. The molecular formula is C13H18N2. The van der Waals surface area contributed by atoms with Gasteiger partial charge in [0.25, 0.3) is 0 Å². The zero-order chi connectivity index (χ0) is 11.3. The minimum absolute atomic E-state index is 0.454. The second kappa shape index (κ2) is 4.84. The highest BCUT2D eigenvalue weighted by molar-refractivity contribution is 5.48. The average Bonchev–Trinajstić information content (AvgIpc) is 2.22. The van der Waals surface area contributed by atoms with E-state index in [4.69, 9.17) is 5.26 Å². The fraction of sp³-hybridized carbons (Fsp3) is 0.462. The summed E-state index contributed by atoms with van der Waals surface area (Å²) in [6.07, 6.45) is 1.86. The molecule has 1 N–H and O–H groups in total. The first-order valence-electron chi connectivity index (χ1n) is 5.36. The summed E-state index contributed by atoms with van der Waals surface area (Å²) < 4.78 is 0. The quantitative estimate of drug-likeness (QED) is 0.811. The average molecular weight is 202 g/mol. The molecule has 0 heterocycles. The van der Waals surface area contributed by atoms with Gasteiger partial charge >= 0.3 is 0 Å². The second-order valence-electron chi connectivity index (χ2n) is 4.18. The van der Waals surface area contributed by atoms with Gasteiger partial charge in [-0.3, -0.25) is 0 Å². The van der Waals surface area contributed by atoms with E-state index in [0.29, 0.717) is 0 Å². The summed E-state index contributed by atoms with van der Waals surface area (Å²) in [7, 11) is 0. The Labute approximate surface area is 91.9 Å². The number of nitrogens with one attached hydrogen (secondary N) is 1. The summed E-state index contributed by atoms with van der Waals surface area (Å²) in [5.41, 5.74) is 1.79. The molecule has 2 heteroatoms. The molecular weight excluding hydrogens is 184 g/mol. The van der Waals surface area contributed by atoms with Crippen molar-refractivity contribution in [2.45, 2.75) is 39.2 Å². The zero-order valence-electron chi connectivity index (χ0n) is 9.67. The van der Waals surface area contributed by atoms with Gasteiger partial charge in [0.05, 0.1) is 6.07 Å². The predicted octanol–water partition coefficient (Wildman–Crippen LogP) is 3.49. The number of aryl methyl sites for hydroxylation is 1. The van der Waals surface area contributed by atoms with Gasteiger partial charge < -0.3 is 5.32 Å². The summed E-state index contributed by atoms with van der Waals surface area (Å²) in [4.78, 5) is 0. The molecule has 0 aromatic heterocycles. The van der Waals surface area contributed by atoms with Crippen molar-refractivity contribution >= 4 is 5.69 Å². The molecule has 0 spiro atoms. The van der Waals surface area contributed by atoms with Crippen LogP contribution in [0.3, 0.4) is 0 Å². The molecule has 1 aromatic rings. The van der Waals surface area contributed by atoms with E-state index < -0.39 is 5.54 Å². The van der Waals surface area contributed by atoms with E-state index in [1.165, 1.54) is 5.56 Å². The lowest BCUT2D eigenvalue weighted by Gasteiger charge is -2.23. The molecule has 1 unspecified atom stereocenters. The lowest BCUT2D eigenvalue weighted by atomic mass is 9.97. The maximum Gasteiger partial charge on any atom is 0.122 e. The van der Waals surface area contributed by atoms with E-state index in [1.807, 2.05) is 31.2 Å². The first kappa shape index (κ1) is 11.6. The predicted molar refractivity (Wildman–Crippen MR) is 63.7 cm³/mol. The van der Waals surface area contributed by atoms with Crippen molar-refractivity contribution in [2.75, 3.05) is 5.32 Å². The molecule has 0 saturated heterocycles. The minimum Gasteiger partial charge on any atom is -0.368 e. The Morgan fingerprint density at radius 3 is 2.40 bits per heavy atom. The van der Waals surface area contributed by atoms with Crippen LogP contribution >= 0.6 is 0 Å². The van der Waals surface area contributed by atoms with Crippen LogP contribution in [0.1, 0.15) is 32.3 Å². The van der Waals surface area contributed by atoms with Gasteiger partial charge in [0.15, 0.2) is 0 Å². The maximum atomic E-state index is 9.12. The molecule has 0 saturated carbocycles. The van der Waals surface area contributed by atoms with Crippen molar-refractivity contribution < 1.29 is 0 Å². The number of benzene rings is 1. The van der Waals surface area contributed by atoms with Gasteiger partial charge in [-0.2, -0.15) is 5.26 Å². The van der Waals surface area contributed by atoms with Crippen LogP contribution in [0.15, 0.2) is 24.3 Å². The van der Waals surface area contributed by atoms with Gasteiger partial charge in [-0.1, -0.05) is 31.0 Å². The van der Waals surface area contributed by atoms with Gasteiger partial charge in [0.1, 0.15) is 5.54 Å². The van der Waals surface area contributed by atoms with Crippen LogP contribution in [0, 0.1) is 18.3 Å². The number of anilines is 1. The van der Waals surface area contributed by atoms with E-state index in [1.54, 1.807) is 0 Å². The Balaban J connectivity index is 2.76. The summed E-state index contributed by atoms with van der Waals surface area (Å²) in [6, 6.07) is 10.5. The summed E-state index contributed by atoms with van der Waals surface area (Å²) in [6.45, 7) is 6.09. The first-order chi connectivity index (χ1) is 7.09. The van der Waals surface area contributed by atoms with Crippen LogP contribution in [0.4, 0.5) is 5.69 Å². The fourth-order valence-electron chi connectivity index (χ4n) is 1.60. The fourth-order valence-corrected chi connectivity index (χ4v) is 1.60. The summed E-state index contributed by atoms with van der Waals surface area (Å²) in [5.74, 6) is 0. The van der Waals surface area contributed by atoms with E-state index >= 15 is 0 Å². The van der Waals surface area contributed by atoms with Gasteiger partial charge in [-0.25, -0.2) is 0 Å². The Hall–Kier alpha value is -1.49. The Morgan fingerprint density at radius 1 is 1.33 bits per heavy atom. The summed E-state index contributed by atoms with van der Waals surface area (Å²) in [5, 5.41) is 12.4. The van der Waals surface area contributed by atoms with Crippen LogP contribution in [-0.4, -0.2) is 5.54 Å². The van der Waals surface area contributed by atoms with E-state index in [2.05, 4.69) is 25.2 Å². The molecule has 1 rings (SSSR count). The van der Waals surface area contributed by atoms with Gasteiger partial charge in [-0.05, 0) is 32.4 Å². The molecule has 0 bridgehead atoms. The molecule has 0 aliphatic carbocycles. The molecule has 0 radical (unpaired) electrons. The zero-order valence-corrected chi connectivity index (χ0v) is 9.67. The standard InChI is InChI=1S/C13H18N2/c1-4-9-13(3,10-14)15-12-7-5-11(2)6-8-12/h5-8,15H,4,9H2,1-3H3. The number of nitrogens with zero attached hydrogens (tertiary/aromatic N) is 1. The van der Waals surface area contributed by atoms with E-state index in [0.717, 1.165) is 18.5 Å². The van der Waals surface area contributed by atoms with Crippen LogP contribution in [0.5, 0.6) is 0 Å². The van der Waals surface area contributed by atoms with Gasteiger partial charge in [0.2, 0.25) is 0 Å². The largest absolute Gasteiger partial charge is 0.368 e. The van der Waals surface area contributed by atoms with Crippen molar-refractivity contribution in [3.8, 4) is 6.07 Å². The van der Waals surface area contributed by atoms with E-state index in [-0.39, 0.29) is 0 Å². The minimum atomic E-state index is -0.454. The Kier molecular flexibility index (Phi) is 3.74. The lowest BCUT2D eigenvalue weighted by molar-refractivity contribution is 0.579. The van der Waals surface area contributed by atoms with Crippen molar-refractivity contribution in [3.05, 3.63) is 29.8 Å². The van der Waals surface area contributed by atoms with Crippen LogP contribution < -0.4 is 5.32 Å². The second-order valence-corrected chi connectivity index (χ2v) is 4.18. The molecule has 1 aromatic carbocycles. The first-order valence-corrected chi connectivity index (χ1v) is 5.36.